The molecule has 0 N–H and O–H groups in total. The van der Waals surface area contributed by atoms with E-state index in [1.54, 1.807) is 29.8 Å². The molecule has 1 unspecified atom stereocenters. The number of rotatable bonds is 13. The molecule has 1 fully saturated rings. The Labute approximate surface area is 183 Å². The smallest absolute Gasteiger partial charge is 0.216 e. The molecule has 0 aromatic carbocycles. The number of nitrogens with zero attached hydrogens (tertiary/aromatic N) is 8. The third-order valence-corrected chi connectivity index (χ3v) is 7.10. The first-order chi connectivity index (χ1) is 14.9. The van der Waals surface area contributed by atoms with Crippen molar-refractivity contribution < 1.29 is 17.9 Å². The summed E-state index contributed by atoms with van der Waals surface area (Å²) in [6.45, 7) is 3.92. The summed E-state index contributed by atoms with van der Waals surface area (Å²) in [5, 5.41) is 16.5. The molecule has 0 bridgehead atoms. The number of hydrogen-bond acceptors (Lipinski definition) is 9. The van der Waals surface area contributed by atoms with E-state index in [1.165, 1.54) is 4.31 Å². The molecular weight excluding hydrogens is 424 g/mol. The molecule has 31 heavy (non-hydrogen) atoms. The lowest BCUT2D eigenvalue weighted by Gasteiger charge is -2.21. The van der Waals surface area contributed by atoms with Gasteiger partial charge in [-0.05, 0) is 19.9 Å². The number of methoxy groups -OCH3 is 2. The highest BCUT2D eigenvalue weighted by atomic mass is 32.2. The molecular formula is C18H32N8O4S. The van der Waals surface area contributed by atoms with E-state index in [4.69, 9.17) is 9.47 Å². The summed E-state index contributed by atoms with van der Waals surface area (Å²) in [5.74, 6) is 0.0768. The average Bonchev–Trinajstić information content (AvgIpc) is 3.43. The van der Waals surface area contributed by atoms with E-state index in [9.17, 15) is 8.42 Å². The van der Waals surface area contributed by atoms with Gasteiger partial charge in [0.05, 0.1) is 23.7 Å². The Bertz CT molecular complexity index is 915. The number of aryl methyl sites for hydroxylation is 2. The van der Waals surface area contributed by atoms with Crippen LogP contribution in [0.3, 0.4) is 0 Å². The number of likely N-dealkylation sites (N-methyl/N-ethyl adjacent to an activating group) is 1. The maximum Gasteiger partial charge on any atom is 0.216 e. The predicted molar refractivity (Wildman–Crippen MR) is 112 cm³/mol. The third kappa shape index (κ3) is 6.77. The van der Waals surface area contributed by atoms with Gasteiger partial charge in [-0.25, -0.2) is 8.42 Å². The van der Waals surface area contributed by atoms with Gasteiger partial charge in [0, 0.05) is 72.0 Å². The molecule has 174 valence electrons. The van der Waals surface area contributed by atoms with Crippen LogP contribution in [0.4, 0.5) is 0 Å². The highest BCUT2D eigenvalue weighted by Gasteiger charge is 2.38. The van der Waals surface area contributed by atoms with Gasteiger partial charge in [0.15, 0.2) is 0 Å². The topological polar surface area (TPSA) is 120 Å². The van der Waals surface area contributed by atoms with Gasteiger partial charge in [-0.3, -0.25) is 14.3 Å². The van der Waals surface area contributed by atoms with E-state index < -0.39 is 10.0 Å². The molecule has 3 rings (SSSR count). The molecule has 0 radical (unpaired) electrons. The third-order valence-electron chi connectivity index (χ3n) is 5.23. The van der Waals surface area contributed by atoms with Crippen LogP contribution < -0.4 is 0 Å². The molecule has 1 atom stereocenters. The molecule has 1 aliphatic heterocycles. The highest BCUT2D eigenvalue weighted by molar-refractivity contribution is 7.89. The Morgan fingerprint density at radius 1 is 1.03 bits per heavy atom. The molecule has 1 aliphatic rings. The molecule has 0 spiro atoms. The van der Waals surface area contributed by atoms with Crippen LogP contribution in [-0.2, 0) is 45.7 Å². The molecule has 0 amide bonds. The summed E-state index contributed by atoms with van der Waals surface area (Å²) in [6, 6.07) is -0.125. The second-order valence-electron chi connectivity index (χ2n) is 7.78. The molecule has 3 heterocycles. The number of aromatic nitrogens is 6. The lowest BCUT2D eigenvalue weighted by atomic mass is 10.2. The van der Waals surface area contributed by atoms with Crippen LogP contribution in [0, 0.1) is 0 Å². The van der Waals surface area contributed by atoms with E-state index in [-0.39, 0.29) is 18.3 Å². The predicted octanol–water partition coefficient (Wildman–Crippen LogP) is -0.411. The van der Waals surface area contributed by atoms with Gasteiger partial charge in [0.2, 0.25) is 10.0 Å². The first-order valence-corrected chi connectivity index (χ1v) is 12.0. The van der Waals surface area contributed by atoms with Crippen molar-refractivity contribution in [3.63, 3.8) is 0 Å². The van der Waals surface area contributed by atoms with E-state index in [2.05, 4.69) is 20.6 Å². The lowest BCUT2D eigenvalue weighted by molar-refractivity contribution is 0.188. The maximum absolute atomic E-state index is 12.7. The molecule has 0 saturated carbocycles. The normalized spacial score (nSPS) is 18.9. The number of hydrogen-bond donors (Lipinski definition) is 0. The summed E-state index contributed by atoms with van der Waals surface area (Å²) in [7, 11) is 1.89. The van der Waals surface area contributed by atoms with Crippen LogP contribution >= 0.6 is 0 Å². The van der Waals surface area contributed by atoms with E-state index in [0.717, 1.165) is 25.1 Å². The molecule has 1 saturated heterocycles. The Morgan fingerprint density at radius 3 is 2.23 bits per heavy atom. The molecule has 2 aromatic rings. The standard InChI is InChI=1S/C18H32N8O4S/c1-23(10-16-11-24(21-19-16)6-4-8-29-2)18-14-26(31(27,28)15-18)13-17-12-25(22-20-17)7-5-9-30-3/h11-12,18H,4-10,13-15H2,1-3H3. The summed E-state index contributed by atoms with van der Waals surface area (Å²) in [5.41, 5.74) is 1.46. The van der Waals surface area contributed by atoms with Crippen LogP contribution in [0.1, 0.15) is 24.2 Å². The fourth-order valence-corrected chi connectivity index (χ4v) is 5.31. The van der Waals surface area contributed by atoms with Crippen LogP contribution in [0.15, 0.2) is 12.4 Å². The largest absolute Gasteiger partial charge is 0.385 e. The summed E-state index contributed by atoms with van der Waals surface area (Å²) < 4.78 is 40.5. The monoisotopic (exact) mass is 456 g/mol. The fraction of sp³-hybridized carbons (Fsp3) is 0.778. The van der Waals surface area contributed by atoms with Crippen LogP contribution in [0.5, 0.6) is 0 Å². The molecule has 2 aromatic heterocycles. The van der Waals surface area contributed by atoms with E-state index in [1.807, 2.05) is 18.1 Å². The van der Waals surface area contributed by atoms with Gasteiger partial charge in [0.25, 0.3) is 0 Å². The second kappa shape index (κ2) is 11.1. The second-order valence-corrected chi connectivity index (χ2v) is 9.79. The van der Waals surface area contributed by atoms with Gasteiger partial charge in [0.1, 0.15) is 0 Å². The average molecular weight is 457 g/mol. The lowest BCUT2D eigenvalue weighted by Crippen LogP contribution is -2.35. The fourth-order valence-electron chi connectivity index (χ4n) is 3.53. The minimum atomic E-state index is -3.35. The minimum absolute atomic E-state index is 0.0768. The first-order valence-electron chi connectivity index (χ1n) is 10.3. The van der Waals surface area contributed by atoms with Crippen LogP contribution in [-0.4, -0.2) is 100 Å². The Morgan fingerprint density at radius 2 is 1.61 bits per heavy atom. The summed E-state index contributed by atoms with van der Waals surface area (Å²) in [6.07, 6.45) is 5.38. The van der Waals surface area contributed by atoms with Crippen molar-refractivity contribution in [2.24, 2.45) is 0 Å². The van der Waals surface area contributed by atoms with Crippen molar-refractivity contribution >= 4 is 10.0 Å². The van der Waals surface area contributed by atoms with E-state index in [0.29, 0.717) is 38.5 Å². The Balaban J connectivity index is 1.52. The minimum Gasteiger partial charge on any atom is -0.385 e. The quantitative estimate of drug-likeness (QED) is 0.370. The highest BCUT2D eigenvalue weighted by Crippen LogP contribution is 2.21. The van der Waals surface area contributed by atoms with Crippen LogP contribution in [0.25, 0.3) is 0 Å². The number of sulfonamides is 1. The van der Waals surface area contributed by atoms with Crippen molar-refractivity contribution in [3.05, 3.63) is 23.8 Å². The molecule has 12 nitrogen and oxygen atoms in total. The van der Waals surface area contributed by atoms with Crippen molar-refractivity contribution in [1.82, 2.24) is 39.2 Å². The van der Waals surface area contributed by atoms with E-state index >= 15 is 0 Å². The Hall–Kier alpha value is -1.93. The van der Waals surface area contributed by atoms with Crippen molar-refractivity contribution in [2.45, 2.75) is 45.1 Å². The number of ether oxygens (including phenoxy) is 2. The maximum atomic E-state index is 12.7. The van der Waals surface area contributed by atoms with Gasteiger partial charge in [-0.1, -0.05) is 10.4 Å². The SMILES string of the molecule is COCCCn1cc(CN(C)C2CN(Cc3cn(CCCOC)nn3)S(=O)(=O)C2)nn1. The zero-order valence-electron chi connectivity index (χ0n) is 18.4. The van der Waals surface area contributed by atoms with Crippen molar-refractivity contribution in [2.75, 3.05) is 46.8 Å². The molecule has 13 heteroatoms. The zero-order chi connectivity index (χ0) is 22.3. The van der Waals surface area contributed by atoms with Gasteiger partial charge in [-0.15, -0.1) is 10.2 Å². The molecule has 0 aliphatic carbocycles. The van der Waals surface area contributed by atoms with Gasteiger partial charge >= 0.3 is 0 Å². The van der Waals surface area contributed by atoms with Gasteiger partial charge < -0.3 is 9.47 Å². The summed E-state index contributed by atoms with van der Waals surface area (Å²) >= 11 is 0. The van der Waals surface area contributed by atoms with Crippen molar-refractivity contribution in [3.8, 4) is 0 Å². The van der Waals surface area contributed by atoms with Crippen molar-refractivity contribution in [1.29, 1.82) is 0 Å². The van der Waals surface area contributed by atoms with Gasteiger partial charge in [-0.2, -0.15) is 4.31 Å². The first kappa shape index (κ1) is 23.7. The summed E-state index contributed by atoms with van der Waals surface area (Å²) in [4.78, 5) is 2.02. The van der Waals surface area contributed by atoms with Crippen LogP contribution in [0.2, 0.25) is 0 Å². The zero-order valence-corrected chi connectivity index (χ0v) is 19.2. The Kier molecular flexibility index (Phi) is 8.49.